The number of benzene rings is 2. The molecule has 0 aromatic heterocycles. The number of primary amides is 1. The number of carboxylic acid groups (broad SMARTS) is 2. The van der Waals surface area contributed by atoms with Crippen molar-refractivity contribution in [1.82, 2.24) is 16.0 Å². The molecule has 0 bridgehead atoms. The highest BCUT2D eigenvalue weighted by atomic mass is 19.4. The maximum Gasteiger partial charge on any atom is 0.490 e. The van der Waals surface area contributed by atoms with Gasteiger partial charge >= 0.3 is 24.3 Å². The van der Waals surface area contributed by atoms with Crippen molar-refractivity contribution < 1.29 is 60.5 Å². The average Bonchev–Trinajstić information content (AvgIpc) is 3.46. The summed E-state index contributed by atoms with van der Waals surface area (Å²) in [4.78, 5) is 54.2. The van der Waals surface area contributed by atoms with Crippen LogP contribution in [0.3, 0.4) is 0 Å². The first-order chi connectivity index (χ1) is 21.1. The summed E-state index contributed by atoms with van der Waals surface area (Å²) in [6.45, 7) is 2.53. The van der Waals surface area contributed by atoms with E-state index in [-0.39, 0.29) is 23.6 Å². The lowest BCUT2D eigenvalue weighted by atomic mass is 9.94. The van der Waals surface area contributed by atoms with Gasteiger partial charge in [0.2, 0.25) is 17.7 Å². The highest BCUT2D eigenvalue weighted by Crippen LogP contribution is 2.26. The van der Waals surface area contributed by atoms with Gasteiger partial charge < -0.3 is 37.6 Å². The van der Waals surface area contributed by atoms with E-state index in [2.05, 4.69) is 16.0 Å². The van der Waals surface area contributed by atoms with Gasteiger partial charge in [-0.2, -0.15) is 26.3 Å². The molecule has 1 aliphatic heterocycles. The first-order valence-electron chi connectivity index (χ1n) is 12.9. The number of nitrogens with one attached hydrogen (secondary N) is 4. The number of aliphatic carboxylic acids is 2. The molecule has 1 fully saturated rings. The van der Waals surface area contributed by atoms with Crippen LogP contribution >= 0.6 is 0 Å². The number of carboxylic acids is 2. The highest BCUT2D eigenvalue weighted by Gasteiger charge is 2.39. The van der Waals surface area contributed by atoms with E-state index in [1.54, 1.807) is 49.4 Å². The molecular formula is C27H30F6N6O7. The van der Waals surface area contributed by atoms with Crippen LogP contribution in [0.4, 0.5) is 26.3 Å². The Bertz CT molecular complexity index is 1390. The van der Waals surface area contributed by atoms with Crippen LogP contribution in [0.5, 0.6) is 0 Å². The zero-order valence-corrected chi connectivity index (χ0v) is 23.8. The lowest BCUT2D eigenvalue weighted by Gasteiger charge is -2.17. The molecule has 252 valence electrons. The lowest BCUT2D eigenvalue weighted by Crippen LogP contribution is -2.49. The molecule has 2 aromatic carbocycles. The fourth-order valence-corrected chi connectivity index (χ4v) is 3.66. The van der Waals surface area contributed by atoms with E-state index in [0.717, 1.165) is 11.1 Å². The fourth-order valence-electron chi connectivity index (χ4n) is 3.66. The number of carbonyl (C=O) groups is 5. The number of nitrogens with two attached hydrogens (primary N) is 2. The van der Waals surface area contributed by atoms with Crippen LogP contribution in [0, 0.1) is 5.41 Å². The van der Waals surface area contributed by atoms with E-state index in [4.69, 9.17) is 36.7 Å². The number of carbonyl (C=O) groups excluding carboxylic acids is 3. The van der Waals surface area contributed by atoms with Crippen molar-refractivity contribution >= 4 is 35.5 Å². The minimum atomic E-state index is -5.08. The summed E-state index contributed by atoms with van der Waals surface area (Å²) in [5, 5.41) is 30.4. The van der Waals surface area contributed by atoms with E-state index in [1.807, 2.05) is 6.07 Å². The van der Waals surface area contributed by atoms with E-state index < -0.39 is 42.3 Å². The lowest BCUT2D eigenvalue weighted by molar-refractivity contribution is -0.193. The zero-order valence-electron chi connectivity index (χ0n) is 23.8. The summed E-state index contributed by atoms with van der Waals surface area (Å²) in [6, 6.07) is 13.0. The van der Waals surface area contributed by atoms with Gasteiger partial charge in [0.25, 0.3) is 0 Å². The van der Waals surface area contributed by atoms with Gasteiger partial charge in [0.1, 0.15) is 11.9 Å². The Kier molecular flexibility index (Phi) is 14.1. The van der Waals surface area contributed by atoms with E-state index >= 15 is 0 Å². The first kappa shape index (κ1) is 38.8. The highest BCUT2D eigenvalue weighted by molar-refractivity contribution is 5.95. The Morgan fingerprint density at radius 1 is 0.935 bits per heavy atom. The van der Waals surface area contributed by atoms with Crippen molar-refractivity contribution in [2.75, 3.05) is 6.54 Å². The normalized spacial score (nSPS) is 16.3. The molecule has 0 saturated carbocycles. The quantitative estimate of drug-likeness (QED) is 0.116. The Hall–Kier alpha value is -5.20. The van der Waals surface area contributed by atoms with Crippen LogP contribution in [-0.4, -0.2) is 76.7 Å². The van der Waals surface area contributed by atoms with Crippen LogP contribution in [-0.2, 0) is 25.7 Å². The number of hydrogen-bond acceptors (Lipinski definition) is 7. The molecule has 0 spiro atoms. The number of alkyl halides is 6. The van der Waals surface area contributed by atoms with Crippen molar-refractivity contribution in [1.29, 1.82) is 5.41 Å². The summed E-state index contributed by atoms with van der Waals surface area (Å²) in [5.41, 5.74) is 13.7. The third kappa shape index (κ3) is 13.2. The fraction of sp³-hybridized carbons (Fsp3) is 0.333. The summed E-state index contributed by atoms with van der Waals surface area (Å²) < 4.78 is 63.5. The SMILES string of the molecule is C[C@H](NC(=O)[C@H]1C[C@@H](c2cccc(C(N)=O)c2)CN1)C(=O)NCc1ccc(C(=N)N)cc1.O=C(O)C(F)(F)F.O=C(O)C(F)(F)F. The van der Waals surface area contributed by atoms with Crippen molar-refractivity contribution in [3.63, 3.8) is 0 Å². The molecule has 0 aliphatic carbocycles. The third-order valence-corrected chi connectivity index (χ3v) is 6.06. The zero-order chi connectivity index (χ0) is 35.4. The number of amides is 3. The molecule has 3 atom stereocenters. The second-order valence-corrected chi connectivity index (χ2v) is 9.55. The Balaban J connectivity index is 0.000000629. The maximum absolute atomic E-state index is 12.6. The molecule has 1 heterocycles. The number of amidine groups is 1. The van der Waals surface area contributed by atoms with Crippen LogP contribution in [0.15, 0.2) is 48.5 Å². The maximum atomic E-state index is 12.6. The largest absolute Gasteiger partial charge is 0.490 e. The summed E-state index contributed by atoms with van der Waals surface area (Å²) >= 11 is 0. The molecule has 3 amide bonds. The number of rotatable bonds is 8. The van der Waals surface area contributed by atoms with Crippen LogP contribution in [0.1, 0.15) is 46.3 Å². The molecule has 10 N–H and O–H groups in total. The summed E-state index contributed by atoms with van der Waals surface area (Å²) in [7, 11) is 0. The van der Waals surface area contributed by atoms with Gasteiger partial charge in [-0.3, -0.25) is 19.8 Å². The molecule has 0 radical (unpaired) electrons. The average molecular weight is 665 g/mol. The second kappa shape index (κ2) is 16.8. The van der Waals surface area contributed by atoms with E-state index in [1.165, 1.54) is 0 Å². The van der Waals surface area contributed by atoms with E-state index in [0.29, 0.717) is 30.6 Å². The molecule has 1 aliphatic rings. The Labute approximate surface area is 256 Å². The first-order valence-corrected chi connectivity index (χ1v) is 12.9. The molecule has 1 saturated heterocycles. The predicted molar refractivity (Wildman–Crippen MR) is 148 cm³/mol. The Morgan fingerprint density at radius 3 is 1.91 bits per heavy atom. The van der Waals surface area contributed by atoms with Gasteiger partial charge in [0, 0.05) is 24.2 Å². The standard InChI is InChI=1S/C23H28N6O3.2C2HF3O2/c1-13(22(31)28-11-14-5-7-15(8-6-14)20(24)25)29-23(32)19-10-18(12-27-19)16-3-2-4-17(9-16)21(26)30;2*3-2(4,5)1(6)7/h2-9,13,18-19,27H,10-12H2,1H3,(H3,24,25)(H2,26,30)(H,28,31)(H,29,32);2*(H,6,7)/t13-,18+,19+;;/m0../s1. The second-order valence-electron chi connectivity index (χ2n) is 9.55. The van der Waals surface area contributed by atoms with Crippen LogP contribution in [0.2, 0.25) is 0 Å². The molecule has 0 unspecified atom stereocenters. The molecule has 46 heavy (non-hydrogen) atoms. The van der Waals surface area contributed by atoms with E-state index in [9.17, 15) is 40.7 Å². The molecule has 19 heteroatoms. The van der Waals surface area contributed by atoms with Gasteiger partial charge in [0.05, 0.1) is 6.04 Å². The number of hydrogen-bond donors (Lipinski definition) is 8. The number of halogens is 6. The monoisotopic (exact) mass is 664 g/mol. The summed E-state index contributed by atoms with van der Waals surface area (Å²) in [6.07, 6.45) is -9.61. The molecule has 3 rings (SSSR count). The minimum Gasteiger partial charge on any atom is -0.475 e. The Morgan fingerprint density at radius 2 is 1.46 bits per heavy atom. The molecular weight excluding hydrogens is 634 g/mol. The predicted octanol–water partition coefficient (Wildman–Crippen LogP) is 1.60. The van der Waals surface area contributed by atoms with Crippen LogP contribution in [0.25, 0.3) is 0 Å². The van der Waals surface area contributed by atoms with Gasteiger partial charge in [0.15, 0.2) is 0 Å². The summed E-state index contributed by atoms with van der Waals surface area (Å²) in [5.74, 6) is -6.47. The topological polar surface area (TPSA) is 238 Å². The van der Waals surface area contributed by atoms with Gasteiger partial charge in [-0.25, -0.2) is 9.59 Å². The molecule has 2 aromatic rings. The molecule has 13 nitrogen and oxygen atoms in total. The van der Waals surface area contributed by atoms with Crippen molar-refractivity contribution in [2.24, 2.45) is 11.5 Å². The van der Waals surface area contributed by atoms with Crippen molar-refractivity contribution in [2.45, 2.75) is 50.2 Å². The van der Waals surface area contributed by atoms with Crippen molar-refractivity contribution in [3.05, 3.63) is 70.8 Å². The van der Waals surface area contributed by atoms with Gasteiger partial charge in [-0.05, 0) is 42.5 Å². The minimum absolute atomic E-state index is 0.0137. The number of nitrogen functional groups attached to an aromatic ring is 1. The van der Waals surface area contributed by atoms with Crippen LogP contribution < -0.4 is 27.4 Å². The van der Waals surface area contributed by atoms with Gasteiger partial charge in [-0.1, -0.05) is 36.4 Å². The van der Waals surface area contributed by atoms with Crippen molar-refractivity contribution in [3.8, 4) is 0 Å². The smallest absolute Gasteiger partial charge is 0.475 e. The van der Waals surface area contributed by atoms with Gasteiger partial charge in [-0.15, -0.1) is 0 Å². The third-order valence-electron chi connectivity index (χ3n) is 6.06.